The lowest BCUT2D eigenvalue weighted by atomic mass is 10.0. The van der Waals surface area contributed by atoms with E-state index in [1.54, 1.807) is 6.92 Å². The minimum absolute atomic E-state index is 0.0225. The van der Waals surface area contributed by atoms with Gasteiger partial charge in [-0.15, -0.1) is 0 Å². The molecule has 0 spiro atoms. The molecule has 5 heteroatoms. The van der Waals surface area contributed by atoms with E-state index >= 15 is 0 Å². The second-order valence-corrected chi connectivity index (χ2v) is 4.57. The van der Waals surface area contributed by atoms with Gasteiger partial charge in [-0.1, -0.05) is 13.2 Å². The van der Waals surface area contributed by atoms with Gasteiger partial charge in [0, 0.05) is 24.7 Å². The normalized spacial score (nSPS) is 19.5. The highest BCUT2D eigenvalue weighted by atomic mass is 16.5. The van der Waals surface area contributed by atoms with Crippen molar-refractivity contribution in [1.29, 1.82) is 0 Å². The second-order valence-electron chi connectivity index (χ2n) is 4.57. The minimum Gasteiger partial charge on any atom is -0.462 e. The highest BCUT2D eigenvalue weighted by Crippen LogP contribution is 2.18. The van der Waals surface area contributed by atoms with E-state index in [1.165, 1.54) is 0 Å². The van der Waals surface area contributed by atoms with Crippen LogP contribution in [0.1, 0.15) is 26.2 Å². The van der Waals surface area contributed by atoms with E-state index in [0.29, 0.717) is 18.6 Å². The summed E-state index contributed by atoms with van der Waals surface area (Å²) < 4.78 is 10.5. The van der Waals surface area contributed by atoms with E-state index in [-0.39, 0.29) is 24.7 Å². The third-order valence-electron chi connectivity index (χ3n) is 2.96. The van der Waals surface area contributed by atoms with Gasteiger partial charge in [0.05, 0.1) is 18.8 Å². The zero-order valence-corrected chi connectivity index (χ0v) is 11.3. The number of amides is 1. The number of ether oxygens (including phenoxy) is 2. The van der Waals surface area contributed by atoms with E-state index in [9.17, 15) is 9.59 Å². The summed E-state index contributed by atoms with van der Waals surface area (Å²) in [5, 5.41) is 2.87. The lowest BCUT2D eigenvalue weighted by molar-refractivity contribution is -0.138. The fraction of sp³-hybridized carbons (Fsp3) is 0.571. The Labute approximate surface area is 113 Å². The average molecular weight is 267 g/mol. The Hall–Kier alpha value is -1.62. The maximum Gasteiger partial charge on any atom is 0.330 e. The summed E-state index contributed by atoms with van der Waals surface area (Å²) in [6, 6.07) is -0.163. The summed E-state index contributed by atoms with van der Waals surface area (Å²) in [6.07, 6.45) is 3.50. The van der Waals surface area contributed by atoms with E-state index in [1.807, 2.05) is 0 Å². The number of hydrogen-bond acceptors (Lipinski definition) is 4. The summed E-state index contributed by atoms with van der Waals surface area (Å²) in [5.41, 5.74) is 0.450. The van der Waals surface area contributed by atoms with Crippen molar-refractivity contribution in [3.63, 3.8) is 0 Å². The molecule has 0 aromatic heterocycles. The van der Waals surface area contributed by atoms with Gasteiger partial charge in [-0.3, -0.25) is 4.79 Å². The molecular formula is C14H21NO4. The third kappa shape index (κ3) is 5.26. The van der Waals surface area contributed by atoms with Gasteiger partial charge in [0.1, 0.15) is 0 Å². The highest BCUT2D eigenvalue weighted by Gasteiger charge is 2.27. The predicted molar refractivity (Wildman–Crippen MR) is 71.5 cm³/mol. The number of hydrogen-bond donors (Lipinski definition) is 1. The Bertz CT molecular complexity index is 358. The topological polar surface area (TPSA) is 64.6 Å². The summed E-state index contributed by atoms with van der Waals surface area (Å²) >= 11 is 0. The van der Waals surface area contributed by atoms with Crippen LogP contribution in [0, 0.1) is 0 Å². The van der Waals surface area contributed by atoms with E-state index in [2.05, 4.69) is 18.5 Å². The zero-order valence-electron chi connectivity index (χ0n) is 11.3. The molecule has 1 aliphatic heterocycles. The molecule has 1 fully saturated rings. The van der Waals surface area contributed by atoms with Crippen LogP contribution in [0.25, 0.3) is 0 Å². The summed E-state index contributed by atoms with van der Waals surface area (Å²) in [5.74, 6) is -0.659. The van der Waals surface area contributed by atoms with Crippen LogP contribution in [0.15, 0.2) is 24.8 Å². The maximum atomic E-state index is 11.7. The van der Waals surface area contributed by atoms with Crippen LogP contribution >= 0.6 is 0 Å². The second kappa shape index (κ2) is 7.74. The van der Waals surface area contributed by atoms with Gasteiger partial charge < -0.3 is 14.8 Å². The van der Waals surface area contributed by atoms with Crippen molar-refractivity contribution in [3.8, 4) is 0 Å². The van der Waals surface area contributed by atoms with Gasteiger partial charge in [-0.05, 0) is 19.8 Å². The van der Waals surface area contributed by atoms with Crippen molar-refractivity contribution in [2.24, 2.45) is 0 Å². The Morgan fingerprint density at radius 1 is 1.58 bits per heavy atom. The molecule has 0 bridgehead atoms. The smallest absolute Gasteiger partial charge is 0.330 e. The lowest BCUT2D eigenvalue weighted by Gasteiger charge is -2.24. The van der Waals surface area contributed by atoms with Crippen LogP contribution in [-0.4, -0.2) is 37.2 Å². The molecule has 1 aliphatic rings. The Kier molecular flexibility index (Phi) is 6.29. The molecule has 0 aromatic carbocycles. The van der Waals surface area contributed by atoms with Crippen molar-refractivity contribution in [2.45, 2.75) is 38.3 Å². The first-order chi connectivity index (χ1) is 9.04. The Morgan fingerprint density at radius 3 is 2.84 bits per heavy atom. The summed E-state index contributed by atoms with van der Waals surface area (Å²) in [6.45, 7) is 9.52. The molecular weight excluding hydrogens is 246 g/mol. The van der Waals surface area contributed by atoms with Crippen molar-refractivity contribution >= 4 is 11.9 Å². The van der Waals surface area contributed by atoms with Crippen molar-refractivity contribution in [3.05, 3.63) is 24.8 Å². The maximum absolute atomic E-state index is 11.7. The highest BCUT2D eigenvalue weighted by molar-refractivity contribution is 5.92. The van der Waals surface area contributed by atoms with Crippen LogP contribution < -0.4 is 5.32 Å². The first-order valence-corrected chi connectivity index (χ1v) is 6.41. The van der Waals surface area contributed by atoms with Gasteiger partial charge in [-0.25, -0.2) is 4.79 Å². The van der Waals surface area contributed by atoms with E-state index < -0.39 is 5.97 Å². The SMILES string of the molecule is C=CC(=O)OCCC(NC(=O)C(=C)C)C1CCCO1. The average Bonchev–Trinajstić information content (AvgIpc) is 2.90. The summed E-state index contributed by atoms with van der Waals surface area (Å²) in [7, 11) is 0. The van der Waals surface area contributed by atoms with Gasteiger partial charge in [-0.2, -0.15) is 0 Å². The van der Waals surface area contributed by atoms with Crippen LogP contribution in [0.3, 0.4) is 0 Å². The first-order valence-electron chi connectivity index (χ1n) is 6.41. The van der Waals surface area contributed by atoms with Crippen molar-refractivity contribution in [1.82, 2.24) is 5.32 Å². The van der Waals surface area contributed by atoms with Crippen molar-refractivity contribution in [2.75, 3.05) is 13.2 Å². The van der Waals surface area contributed by atoms with Crippen LogP contribution in [0.4, 0.5) is 0 Å². The molecule has 0 radical (unpaired) electrons. The van der Waals surface area contributed by atoms with Crippen LogP contribution in [0.5, 0.6) is 0 Å². The summed E-state index contributed by atoms with van der Waals surface area (Å²) in [4.78, 5) is 22.6. The minimum atomic E-state index is -0.461. The molecule has 5 nitrogen and oxygen atoms in total. The van der Waals surface area contributed by atoms with Gasteiger partial charge in [0.2, 0.25) is 5.91 Å². The number of nitrogens with one attached hydrogen (secondary N) is 1. The third-order valence-corrected chi connectivity index (χ3v) is 2.96. The Morgan fingerprint density at radius 2 is 2.32 bits per heavy atom. The van der Waals surface area contributed by atoms with Gasteiger partial charge >= 0.3 is 5.97 Å². The zero-order chi connectivity index (χ0) is 14.3. The van der Waals surface area contributed by atoms with Gasteiger partial charge in [0.25, 0.3) is 0 Å². The first kappa shape index (κ1) is 15.4. The van der Waals surface area contributed by atoms with E-state index in [4.69, 9.17) is 9.47 Å². The number of carbonyl (C=O) groups is 2. The molecule has 2 atom stereocenters. The van der Waals surface area contributed by atoms with Crippen LogP contribution in [-0.2, 0) is 19.1 Å². The number of rotatable bonds is 7. The molecule has 106 valence electrons. The fourth-order valence-electron chi connectivity index (χ4n) is 1.91. The molecule has 0 aliphatic carbocycles. The number of esters is 1. The predicted octanol–water partition coefficient (Wildman–Crippen LogP) is 1.35. The largest absolute Gasteiger partial charge is 0.462 e. The quantitative estimate of drug-likeness (QED) is 0.558. The molecule has 0 saturated carbocycles. The standard InChI is InChI=1S/C14H21NO4/c1-4-13(16)19-9-7-11(12-6-5-8-18-12)15-14(17)10(2)3/h4,11-12H,1-2,5-9H2,3H3,(H,15,17). The van der Waals surface area contributed by atoms with Crippen molar-refractivity contribution < 1.29 is 19.1 Å². The molecule has 1 rings (SSSR count). The number of carbonyl (C=O) groups excluding carboxylic acids is 2. The monoisotopic (exact) mass is 267 g/mol. The lowest BCUT2D eigenvalue weighted by Crippen LogP contribution is -2.44. The molecule has 0 aromatic rings. The molecule has 1 heterocycles. The molecule has 1 saturated heterocycles. The van der Waals surface area contributed by atoms with Crippen LogP contribution in [0.2, 0.25) is 0 Å². The fourth-order valence-corrected chi connectivity index (χ4v) is 1.91. The molecule has 1 amide bonds. The molecule has 19 heavy (non-hydrogen) atoms. The molecule has 2 unspecified atom stereocenters. The Balaban J connectivity index is 2.48. The van der Waals surface area contributed by atoms with E-state index in [0.717, 1.165) is 18.9 Å². The molecule has 1 N–H and O–H groups in total. The van der Waals surface area contributed by atoms with Gasteiger partial charge in [0.15, 0.2) is 0 Å².